The lowest BCUT2D eigenvalue weighted by atomic mass is 9.97. The zero-order valence-corrected chi connectivity index (χ0v) is 21.9. The largest absolute Gasteiger partial charge is 0.381 e. The summed E-state index contributed by atoms with van der Waals surface area (Å²) in [4.78, 5) is 20.3. The number of aromatic nitrogens is 3. The van der Waals surface area contributed by atoms with Crippen molar-refractivity contribution >= 4 is 5.91 Å². The van der Waals surface area contributed by atoms with E-state index in [1.807, 2.05) is 12.1 Å². The monoisotopic (exact) mass is 501 g/mol. The van der Waals surface area contributed by atoms with Gasteiger partial charge < -0.3 is 15.0 Å². The summed E-state index contributed by atoms with van der Waals surface area (Å²) in [5.41, 5.74) is 2.42. The van der Waals surface area contributed by atoms with Gasteiger partial charge in [-0.25, -0.2) is 9.67 Å². The van der Waals surface area contributed by atoms with Gasteiger partial charge in [-0.2, -0.15) is 5.10 Å². The van der Waals surface area contributed by atoms with E-state index < -0.39 is 0 Å². The first-order valence-corrected chi connectivity index (χ1v) is 13.8. The summed E-state index contributed by atoms with van der Waals surface area (Å²) in [5.74, 6) is 2.14. The molecule has 7 heteroatoms. The predicted octanol–water partition coefficient (Wildman–Crippen LogP) is 4.49. The summed E-state index contributed by atoms with van der Waals surface area (Å²) in [5, 5.41) is 8.24. The first-order chi connectivity index (χ1) is 18.2. The molecule has 3 aromatic rings. The van der Waals surface area contributed by atoms with Gasteiger partial charge in [-0.15, -0.1) is 0 Å². The standard InChI is InChI=1S/C30H39N5O2/c1-23-31-29(22-24-8-4-2-5-9-24)33-35(23)27-12-17-34(18-13-27)19-14-28(25-10-6-3-7-11-25)32-30(36)26-15-20-37-21-16-26/h2-11,26-28H,12-22H2,1H3,(H,32,36)/t28-/m0/s1. The Kier molecular flexibility index (Phi) is 8.64. The number of ether oxygens (including phenoxy) is 1. The van der Waals surface area contributed by atoms with Crippen LogP contribution in [0.3, 0.4) is 0 Å². The fraction of sp³-hybridized carbons (Fsp3) is 0.500. The van der Waals surface area contributed by atoms with Crippen LogP contribution in [0.1, 0.15) is 67.0 Å². The molecule has 0 unspecified atom stereocenters. The molecule has 2 aliphatic rings. The number of hydrogen-bond acceptors (Lipinski definition) is 5. The molecular weight excluding hydrogens is 462 g/mol. The number of hydrogen-bond donors (Lipinski definition) is 1. The van der Waals surface area contributed by atoms with E-state index in [2.05, 4.69) is 70.4 Å². The SMILES string of the molecule is Cc1nc(Cc2ccccc2)nn1C1CCN(CC[C@H](NC(=O)C2CCOCC2)c2ccccc2)CC1. The van der Waals surface area contributed by atoms with Crippen LogP contribution in [0.15, 0.2) is 60.7 Å². The van der Waals surface area contributed by atoms with Gasteiger partial charge in [0.05, 0.1) is 12.1 Å². The average molecular weight is 502 g/mol. The molecule has 37 heavy (non-hydrogen) atoms. The highest BCUT2D eigenvalue weighted by molar-refractivity contribution is 5.79. The lowest BCUT2D eigenvalue weighted by Crippen LogP contribution is -2.40. The smallest absolute Gasteiger partial charge is 0.223 e. The fourth-order valence-corrected chi connectivity index (χ4v) is 5.61. The second kappa shape index (κ2) is 12.5. The van der Waals surface area contributed by atoms with Gasteiger partial charge in [0.1, 0.15) is 5.82 Å². The minimum absolute atomic E-state index is 0.0346. The number of carbonyl (C=O) groups is 1. The van der Waals surface area contributed by atoms with E-state index in [0.29, 0.717) is 19.3 Å². The van der Waals surface area contributed by atoms with Gasteiger partial charge in [0.15, 0.2) is 5.82 Å². The van der Waals surface area contributed by atoms with Crippen LogP contribution in [-0.2, 0) is 16.0 Å². The van der Waals surface area contributed by atoms with Crippen LogP contribution in [0, 0.1) is 12.8 Å². The molecule has 0 bridgehead atoms. The second-order valence-electron chi connectivity index (χ2n) is 10.4. The van der Waals surface area contributed by atoms with E-state index in [1.54, 1.807) is 0 Å². The first kappa shape index (κ1) is 25.6. The zero-order chi connectivity index (χ0) is 25.5. The lowest BCUT2D eigenvalue weighted by molar-refractivity contribution is -0.128. The second-order valence-corrected chi connectivity index (χ2v) is 10.4. The molecule has 2 aliphatic heterocycles. The van der Waals surface area contributed by atoms with E-state index in [1.165, 1.54) is 11.1 Å². The quantitative estimate of drug-likeness (QED) is 0.468. The van der Waals surface area contributed by atoms with Crippen molar-refractivity contribution in [1.82, 2.24) is 25.0 Å². The Hall–Kier alpha value is -3.03. The number of amides is 1. The molecule has 2 saturated heterocycles. The van der Waals surface area contributed by atoms with Gasteiger partial charge in [-0.3, -0.25) is 4.79 Å². The third kappa shape index (κ3) is 6.84. The molecular formula is C30H39N5O2. The zero-order valence-electron chi connectivity index (χ0n) is 21.9. The Morgan fingerprint density at radius 1 is 1.00 bits per heavy atom. The molecule has 5 rings (SSSR count). The minimum Gasteiger partial charge on any atom is -0.381 e. The molecule has 1 atom stereocenters. The first-order valence-electron chi connectivity index (χ1n) is 13.8. The maximum Gasteiger partial charge on any atom is 0.223 e. The molecule has 0 spiro atoms. The number of nitrogens with zero attached hydrogens (tertiary/aromatic N) is 4. The van der Waals surface area contributed by atoms with Gasteiger partial charge in [0.2, 0.25) is 5.91 Å². The minimum atomic E-state index is 0.0346. The summed E-state index contributed by atoms with van der Waals surface area (Å²) >= 11 is 0. The van der Waals surface area contributed by atoms with E-state index in [0.717, 1.165) is 69.8 Å². The summed E-state index contributed by atoms with van der Waals surface area (Å²) in [6.07, 6.45) is 5.45. The number of benzene rings is 2. The average Bonchev–Trinajstić information content (AvgIpc) is 3.32. The number of rotatable bonds is 9. The summed E-state index contributed by atoms with van der Waals surface area (Å²) in [6, 6.07) is 21.2. The van der Waals surface area contributed by atoms with Gasteiger partial charge >= 0.3 is 0 Å². The van der Waals surface area contributed by atoms with E-state index in [-0.39, 0.29) is 17.9 Å². The molecule has 1 N–H and O–H groups in total. The summed E-state index contributed by atoms with van der Waals surface area (Å²) in [6.45, 7) is 6.47. The van der Waals surface area contributed by atoms with Gasteiger partial charge in [-0.1, -0.05) is 60.7 Å². The van der Waals surface area contributed by atoms with Gasteiger partial charge in [0, 0.05) is 45.2 Å². The highest BCUT2D eigenvalue weighted by Gasteiger charge is 2.27. The van der Waals surface area contributed by atoms with Crippen LogP contribution in [0.5, 0.6) is 0 Å². The van der Waals surface area contributed by atoms with Crippen LogP contribution >= 0.6 is 0 Å². The maximum absolute atomic E-state index is 13.0. The molecule has 0 saturated carbocycles. The Bertz CT molecular complexity index is 1120. The normalized spacial score (nSPS) is 18.5. The van der Waals surface area contributed by atoms with Gasteiger partial charge in [-0.05, 0) is 50.2 Å². The molecule has 7 nitrogen and oxygen atoms in total. The van der Waals surface area contributed by atoms with Crippen molar-refractivity contribution in [1.29, 1.82) is 0 Å². The van der Waals surface area contributed by atoms with Crippen LogP contribution < -0.4 is 5.32 Å². The number of likely N-dealkylation sites (tertiary alicyclic amines) is 1. The van der Waals surface area contributed by atoms with Crippen molar-refractivity contribution in [3.63, 3.8) is 0 Å². The molecule has 1 aromatic heterocycles. The Morgan fingerprint density at radius 2 is 1.68 bits per heavy atom. The Labute approximate surface area is 220 Å². The third-order valence-corrected chi connectivity index (χ3v) is 7.80. The predicted molar refractivity (Wildman–Crippen MR) is 144 cm³/mol. The highest BCUT2D eigenvalue weighted by atomic mass is 16.5. The summed E-state index contributed by atoms with van der Waals surface area (Å²) in [7, 11) is 0. The maximum atomic E-state index is 13.0. The Morgan fingerprint density at radius 3 is 2.38 bits per heavy atom. The van der Waals surface area contributed by atoms with E-state index >= 15 is 0 Å². The molecule has 196 valence electrons. The molecule has 0 aliphatic carbocycles. The van der Waals surface area contributed by atoms with E-state index in [4.69, 9.17) is 14.8 Å². The third-order valence-electron chi connectivity index (χ3n) is 7.80. The van der Waals surface area contributed by atoms with Crippen molar-refractivity contribution in [2.45, 2.75) is 57.5 Å². The topological polar surface area (TPSA) is 72.3 Å². The number of nitrogens with one attached hydrogen (secondary N) is 1. The summed E-state index contributed by atoms with van der Waals surface area (Å²) < 4.78 is 7.59. The van der Waals surface area contributed by atoms with Gasteiger partial charge in [0.25, 0.3) is 0 Å². The fourth-order valence-electron chi connectivity index (χ4n) is 5.61. The van der Waals surface area contributed by atoms with Crippen LogP contribution in [-0.4, -0.2) is 58.4 Å². The number of piperidine rings is 1. The van der Waals surface area contributed by atoms with Crippen molar-refractivity contribution in [2.75, 3.05) is 32.8 Å². The van der Waals surface area contributed by atoms with Crippen molar-refractivity contribution in [3.8, 4) is 0 Å². The molecule has 1 amide bonds. The van der Waals surface area contributed by atoms with Crippen LogP contribution in [0.25, 0.3) is 0 Å². The number of aryl methyl sites for hydroxylation is 1. The lowest BCUT2D eigenvalue weighted by Gasteiger charge is -2.33. The van der Waals surface area contributed by atoms with Crippen LogP contribution in [0.2, 0.25) is 0 Å². The number of carbonyl (C=O) groups excluding carboxylic acids is 1. The van der Waals surface area contributed by atoms with E-state index in [9.17, 15) is 4.79 Å². The molecule has 2 fully saturated rings. The van der Waals surface area contributed by atoms with Crippen LogP contribution in [0.4, 0.5) is 0 Å². The molecule has 2 aromatic carbocycles. The van der Waals surface area contributed by atoms with Crippen molar-refractivity contribution in [3.05, 3.63) is 83.4 Å². The van der Waals surface area contributed by atoms with Crippen molar-refractivity contribution < 1.29 is 9.53 Å². The van der Waals surface area contributed by atoms with Crippen molar-refractivity contribution in [2.24, 2.45) is 5.92 Å². The highest BCUT2D eigenvalue weighted by Crippen LogP contribution is 2.26. The molecule has 3 heterocycles. The molecule has 0 radical (unpaired) electrons. The Balaban J connectivity index is 1.15.